The van der Waals surface area contributed by atoms with Crippen molar-refractivity contribution in [2.24, 2.45) is 5.92 Å². The molecule has 0 atom stereocenters. The zero-order chi connectivity index (χ0) is 13.0. The lowest BCUT2D eigenvalue weighted by molar-refractivity contribution is 0.00222. The number of anilines is 1. The first-order chi connectivity index (χ1) is 8.61. The minimum Gasteiger partial charge on any atom is -0.388 e. The monoisotopic (exact) mass is 253 g/mol. The van der Waals surface area contributed by atoms with Crippen LogP contribution in [0.4, 0.5) is 10.2 Å². The van der Waals surface area contributed by atoms with Crippen LogP contribution in [-0.2, 0) is 0 Å². The quantitative estimate of drug-likeness (QED) is 0.809. The molecule has 2 N–H and O–H groups in total. The summed E-state index contributed by atoms with van der Waals surface area (Å²) >= 11 is 0. The Labute approximate surface area is 107 Å². The van der Waals surface area contributed by atoms with E-state index in [9.17, 15) is 9.50 Å². The Kier molecular flexibility index (Phi) is 4.11. The number of halogens is 1. The summed E-state index contributed by atoms with van der Waals surface area (Å²) in [4.78, 5) is 7.31. The predicted octanol–water partition coefficient (Wildman–Crippen LogP) is 2.36. The van der Waals surface area contributed by atoms with E-state index in [0.29, 0.717) is 12.4 Å². The molecule has 1 aliphatic rings. The summed E-state index contributed by atoms with van der Waals surface area (Å²) in [6.45, 7) is 2.61. The average molecular weight is 253 g/mol. The molecule has 0 saturated heterocycles. The van der Waals surface area contributed by atoms with Crippen LogP contribution in [0.2, 0.25) is 0 Å². The Bertz CT molecular complexity index is 392. The molecule has 1 fully saturated rings. The van der Waals surface area contributed by atoms with Gasteiger partial charge < -0.3 is 10.4 Å². The second-order valence-corrected chi connectivity index (χ2v) is 5.16. The summed E-state index contributed by atoms with van der Waals surface area (Å²) in [6, 6.07) is 1.24. The van der Waals surface area contributed by atoms with Gasteiger partial charge in [0, 0.05) is 12.6 Å². The summed E-state index contributed by atoms with van der Waals surface area (Å²) in [6.07, 6.45) is 6.08. The summed E-state index contributed by atoms with van der Waals surface area (Å²) in [7, 11) is 0. The molecular formula is C13H20FN3O. The third-order valence-electron chi connectivity index (χ3n) is 3.85. The third-order valence-corrected chi connectivity index (χ3v) is 3.85. The van der Waals surface area contributed by atoms with E-state index in [-0.39, 0.29) is 0 Å². The molecule has 18 heavy (non-hydrogen) atoms. The number of hydrogen-bond acceptors (Lipinski definition) is 4. The van der Waals surface area contributed by atoms with Gasteiger partial charge in [0.05, 0.1) is 5.60 Å². The van der Waals surface area contributed by atoms with E-state index in [1.807, 2.05) is 0 Å². The van der Waals surface area contributed by atoms with Gasteiger partial charge in [-0.25, -0.2) is 9.97 Å². The molecule has 1 aromatic rings. The Morgan fingerprint density at radius 2 is 2.17 bits per heavy atom. The fraction of sp³-hybridized carbons (Fsp3) is 0.692. The lowest BCUT2D eigenvalue weighted by Gasteiger charge is -2.36. The summed E-state index contributed by atoms with van der Waals surface area (Å²) in [5, 5.41) is 13.4. The van der Waals surface area contributed by atoms with Crippen molar-refractivity contribution in [3.63, 3.8) is 0 Å². The molecule has 5 heteroatoms. The second kappa shape index (κ2) is 5.61. The van der Waals surface area contributed by atoms with Crippen LogP contribution >= 0.6 is 0 Å². The van der Waals surface area contributed by atoms with Crippen molar-refractivity contribution in [3.8, 4) is 0 Å². The molecule has 1 aliphatic carbocycles. The lowest BCUT2D eigenvalue weighted by atomic mass is 9.78. The van der Waals surface area contributed by atoms with Crippen molar-refractivity contribution >= 4 is 5.82 Å². The first-order valence-electron chi connectivity index (χ1n) is 6.55. The minimum atomic E-state index is -0.687. The van der Waals surface area contributed by atoms with E-state index in [4.69, 9.17) is 0 Å². The van der Waals surface area contributed by atoms with Crippen LogP contribution in [-0.4, -0.2) is 27.2 Å². The van der Waals surface area contributed by atoms with Gasteiger partial charge in [0.25, 0.3) is 0 Å². The highest BCUT2D eigenvalue weighted by Gasteiger charge is 2.32. The van der Waals surface area contributed by atoms with E-state index in [0.717, 1.165) is 31.6 Å². The molecule has 2 rings (SSSR count). The zero-order valence-corrected chi connectivity index (χ0v) is 10.7. The molecule has 0 unspecified atom stereocenters. The van der Waals surface area contributed by atoms with Gasteiger partial charge in [0.2, 0.25) is 5.95 Å². The Hall–Kier alpha value is -1.23. The maximum atomic E-state index is 12.9. The van der Waals surface area contributed by atoms with E-state index in [1.165, 1.54) is 18.8 Å². The summed E-state index contributed by atoms with van der Waals surface area (Å²) < 4.78 is 12.9. The third kappa shape index (κ3) is 3.38. The highest BCUT2D eigenvalue weighted by molar-refractivity contribution is 5.32. The molecule has 0 spiro atoms. The van der Waals surface area contributed by atoms with Crippen LogP contribution in [0, 0.1) is 11.9 Å². The van der Waals surface area contributed by atoms with E-state index < -0.39 is 11.5 Å². The first kappa shape index (κ1) is 13.2. The molecule has 1 saturated carbocycles. The molecule has 100 valence electrons. The fourth-order valence-corrected chi connectivity index (χ4v) is 2.49. The van der Waals surface area contributed by atoms with Gasteiger partial charge in [-0.05, 0) is 31.6 Å². The molecule has 0 bridgehead atoms. The molecule has 0 aliphatic heterocycles. The van der Waals surface area contributed by atoms with Gasteiger partial charge >= 0.3 is 0 Å². The second-order valence-electron chi connectivity index (χ2n) is 5.16. The maximum absolute atomic E-state index is 12.9. The number of aliphatic hydroxyl groups is 1. The Morgan fingerprint density at radius 3 is 2.78 bits per heavy atom. The van der Waals surface area contributed by atoms with Crippen molar-refractivity contribution in [2.45, 2.75) is 44.6 Å². The molecule has 0 amide bonds. The normalized spacial score (nSPS) is 28.1. The number of aromatic nitrogens is 2. The minimum absolute atomic E-state index is 0.417. The number of hydrogen-bond donors (Lipinski definition) is 2. The SMILES string of the molecule is CCC1CCC(O)(CNc2cc(F)ncn2)CC1. The molecule has 0 radical (unpaired) electrons. The Morgan fingerprint density at radius 1 is 1.44 bits per heavy atom. The molecule has 1 aromatic heterocycles. The van der Waals surface area contributed by atoms with Gasteiger partial charge in [-0.2, -0.15) is 4.39 Å². The first-order valence-corrected chi connectivity index (χ1v) is 6.55. The van der Waals surface area contributed by atoms with Crippen LogP contribution in [0.3, 0.4) is 0 Å². The zero-order valence-electron chi connectivity index (χ0n) is 10.7. The molecule has 1 heterocycles. The average Bonchev–Trinajstić information content (AvgIpc) is 2.38. The van der Waals surface area contributed by atoms with Gasteiger partial charge in [-0.1, -0.05) is 13.3 Å². The van der Waals surface area contributed by atoms with E-state index in [2.05, 4.69) is 22.2 Å². The number of nitrogens with zero attached hydrogens (tertiary/aromatic N) is 2. The van der Waals surface area contributed by atoms with E-state index >= 15 is 0 Å². The smallest absolute Gasteiger partial charge is 0.217 e. The predicted molar refractivity (Wildman–Crippen MR) is 67.7 cm³/mol. The van der Waals surface area contributed by atoms with Crippen molar-refractivity contribution in [3.05, 3.63) is 18.3 Å². The van der Waals surface area contributed by atoms with Gasteiger partial charge in [0.15, 0.2) is 0 Å². The van der Waals surface area contributed by atoms with Crippen LogP contribution < -0.4 is 5.32 Å². The van der Waals surface area contributed by atoms with Crippen molar-refractivity contribution < 1.29 is 9.50 Å². The van der Waals surface area contributed by atoms with Crippen LogP contribution in [0.5, 0.6) is 0 Å². The number of rotatable bonds is 4. The topological polar surface area (TPSA) is 58.0 Å². The summed E-state index contributed by atoms with van der Waals surface area (Å²) in [5.74, 6) is 0.601. The Balaban J connectivity index is 1.86. The van der Waals surface area contributed by atoms with Crippen LogP contribution in [0.1, 0.15) is 39.0 Å². The van der Waals surface area contributed by atoms with Crippen molar-refractivity contribution in [2.75, 3.05) is 11.9 Å². The number of nitrogens with one attached hydrogen (secondary N) is 1. The standard InChI is InChI=1S/C13H20FN3O/c1-2-10-3-5-13(18,6-4-10)8-15-12-7-11(14)16-9-17-12/h7,9-10,18H,2-6,8H2,1H3,(H,15,16,17). The van der Waals surface area contributed by atoms with E-state index in [1.54, 1.807) is 0 Å². The molecule has 0 aromatic carbocycles. The van der Waals surface area contributed by atoms with Crippen molar-refractivity contribution in [1.82, 2.24) is 9.97 Å². The fourth-order valence-electron chi connectivity index (χ4n) is 2.49. The lowest BCUT2D eigenvalue weighted by Crippen LogP contribution is -2.40. The summed E-state index contributed by atoms with van der Waals surface area (Å²) in [5.41, 5.74) is -0.687. The highest BCUT2D eigenvalue weighted by atomic mass is 19.1. The highest BCUT2D eigenvalue weighted by Crippen LogP contribution is 2.33. The van der Waals surface area contributed by atoms with Crippen molar-refractivity contribution in [1.29, 1.82) is 0 Å². The van der Waals surface area contributed by atoms with Crippen LogP contribution in [0.25, 0.3) is 0 Å². The van der Waals surface area contributed by atoms with Gasteiger partial charge in [-0.3, -0.25) is 0 Å². The largest absolute Gasteiger partial charge is 0.388 e. The van der Waals surface area contributed by atoms with Crippen LogP contribution in [0.15, 0.2) is 12.4 Å². The maximum Gasteiger partial charge on any atom is 0.217 e. The van der Waals surface area contributed by atoms with Gasteiger partial charge in [0.1, 0.15) is 12.1 Å². The molecule has 4 nitrogen and oxygen atoms in total. The molecular weight excluding hydrogens is 233 g/mol. The van der Waals surface area contributed by atoms with Gasteiger partial charge in [-0.15, -0.1) is 0 Å².